The summed E-state index contributed by atoms with van der Waals surface area (Å²) in [5, 5.41) is 5.15. The zero-order valence-corrected chi connectivity index (χ0v) is 15.0. The van der Waals surface area contributed by atoms with Gasteiger partial charge in [-0.25, -0.2) is 0 Å². The lowest BCUT2D eigenvalue weighted by Gasteiger charge is -2.32. The standard InChI is InChI=1S/C22H21N3O2/c26-21(20-9-3-6-16-5-1-2-8-19(16)20)24-18-10-13-25(14-11-18)22(27)17-7-4-12-23-15-17/h1-9,12,15,18H,10-11,13-14H2,(H,24,26). The first kappa shape index (κ1) is 17.2. The molecule has 0 unspecified atom stereocenters. The maximum absolute atomic E-state index is 12.8. The number of carbonyl (C=O) groups excluding carboxylic acids is 2. The maximum atomic E-state index is 12.8. The van der Waals surface area contributed by atoms with Crippen LogP contribution in [0.15, 0.2) is 67.0 Å². The molecule has 0 saturated carbocycles. The van der Waals surface area contributed by atoms with Crippen molar-refractivity contribution in [1.29, 1.82) is 0 Å². The molecule has 27 heavy (non-hydrogen) atoms. The number of fused-ring (bicyclic) bond motifs is 1. The lowest BCUT2D eigenvalue weighted by atomic mass is 10.0. The molecule has 4 rings (SSSR count). The minimum Gasteiger partial charge on any atom is -0.349 e. The number of likely N-dealkylation sites (tertiary alicyclic amines) is 1. The molecule has 0 bridgehead atoms. The molecular weight excluding hydrogens is 338 g/mol. The molecule has 1 aliphatic rings. The Morgan fingerprint density at radius 2 is 1.74 bits per heavy atom. The number of rotatable bonds is 3. The summed E-state index contributed by atoms with van der Waals surface area (Å²) in [7, 11) is 0. The van der Waals surface area contributed by atoms with E-state index in [4.69, 9.17) is 0 Å². The van der Waals surface area contributed by atoms with Crippen LogP contribution in [0.5, 0.6) is 0 Å². The van der Waals surface area contributed by atoms with Crippen LogP contribution in [0.1, 0.15) is 33.6 Å². The van der Waals surface area contributed by atoms with Gasteiger partial charge in [-0.05, 0) is 41.8 Å². The van der Waals surface area contributed by atoms with Crippen LogP contribution >= 0.6 is 0 Å². The number of benzene rings is 2. The Morgan fingerprint density at radius 1 is 0.963 bits per heavy atom. The number of hydrogen-bond donors (Lipinski definition) is 1. The van der Waals surface area contributed by atoms with Crippen LogP contribution in [0.25, 0.3) is 10.8 Å². The first-order chi connectivity index (χ1) is 13.2. The fraction of sp³-hybridized carbons (Fsp3) is 0.227. The van der Waals surface area contributed by atoms with Gasteiger partial charge in [0.2, 0.25) is 0 Å². The van der Waals surface area contributed by atoms with E-state index in [9.17, 15) is 9.59 Å². The summed E-state index contributed by atoms with van der Waals surface area (Å²) in [5.41, 5.74) is 1.30. The van der Waals surface area contributed by atoms with Crippen molar-refractivity contribution in [3.8, 4) is 0 Å². The second-order valence-corrected chi connectivity index (χ2v) is 6.81. The summed E-state index contributed by atoms with van der Waals surface area (Å²) < 4.78 is 0. The van der Waals surface area contributed by atoms with E-state index in [0.29, 0.717) is 24.2 Å². The molecule has 1 aromatic heterocycles. The van der Waals surface area contributed by atoms with Gasteiger partial charge in [0.15, 0.2) is 0 Å². The third kappa shape index (κ3) is 3.67. The van der Waals surface area contributed by atoms with Crippen molar-refractivity contribution < 1.29 is 9.59 Å². The van der Waals surface area contributed by atoms with Crippen molar-refractivity contribution in [1.82, 2.24) is 15.2 Å². The molecular formula is C22H21N3O2. The summed E-state index contributed by atoms with van der Waals surface area (Å²) in [5.74, 6) is -0.0502. The fourth-order valence-corrected chi connectivity index (χ4v) is 3.59. The number of hydrogen-bond acceptors (Lipinski definition) is 3. The van der Waals surface area contributed by atoms with Crippen molar-refractivity contribution >= 4 is 22.6 Å². The predicted molar refractivity (Wildman–Crippen MR) is 105 cm³/mol. The summed E-state index contributed by atoms with van der Waals surface area (Å²) in [4.78, 5) is 31.1. The highest BCUT2D eigenvalue weighted by atomic mass is 16.2. The highest BCUT2D eigenvalue weighted by molar-refractivity contribution is 6.07. The Bertz CT molecular complexity index is 958. The molecule has 0 radical (unpaired) electrons. The van der Waals surface area contributed by atoms with Crippen LogP contribution < -0.4 is 5.32 Å². The van der Waals surface area contributed by atoms with Crippen molar-refractivity contribution in [3.63, 3.8) is 0 Å². The van der Waals surface area contributed by atoms with E-state index >= 15 is 0 Å². The van der Waals surface area contributed by atoms with Crippen LogP contribution in [0.2, 0.25) is 0 Å². The topological polar surface area (TPSA) is 62.3 Å². The van der Waals surface area contributed by atoms with Crippen LogP contribution in [-0.2, 0) is 0 Å². The molecule has 0 spiro atoms. The molecule has 1 aliphatic heterocycles. The Morgan fingerprint density at radius 3 is 2.52 bits per heavy atom. The van der Waals surface area contributed by atoms with Gasteiger partial charge in [-0.1, -0.05) is 36.4 Å². The van der Waals surface area contributed by atoms with Crippen LogP contribution in [-0.4, -0.2) is 40.8 Å². The van der Waals surface area contributed by atoms with E-state index in [0.717, 1.165) is 23.6 Å². The largest absolute Gasteiger partial charge is 0.349 e. The quantitative estimate of drug-likeness (QED) is 0.781. The van der Waals surface area contributed by atoms with Crippen LogP contribution in [0, 0.1) is 0 Å². The summed E-state index contributed by atoms with van der Waals surface area (Å²) in [6, 6.07) is 17.3. The molecule has 0 atom stereocenters. The maximum Gasteiger partial charge on any atom is 0.255 e. The Balaban J connectivity index is 1.39. The van der Waals surface area contributed by atoms with Crippen molar-refractivity contribution in [3.05, 3.63) is 78.1 Å². The SMILES string of the molecule is O=C(NC1CCN(C(=O)c2cccnc2)CC1)c1cccc2ccccc12. The average molecular weight is 359 g/mol. The van der Waals surface area contributed by atoms with E-state index in [-0.39, 0.29) is 17.9 Å². The van der Waals surface area contributed by atoms with Gasteiger partial charge < -0.3 is 10.2 Å². The summed E-state index contributed by atoms with van der Waals surface area (Å²) >= 11 is 0. The van der Waals surface area contributed by atoms with Gasteiger partial charge in [0.1, 0.15) is 0 Å². The highest BCUT2D eigenvalue weighted by Crippen LogP contribution is 2.20. The Hall–Kier alpha value is -3.21. The van der Waals surface area contributed by atoms with E-state index in [1.807, 2.05) is 47.4 Å². The Labute approximate surface area is 158 Å². The molecule has 5 nitrogen and oxygen atoms in total. The molecule has 0 aliphatic carbocycles. The van der Waals surface area contributed by atoms with Crippen LogP contribution in [0.4, 0.5) is 0 Å². The summed E-state index contributed by atoms with van der Waals surface area (Å²) in [6.07, 6.45) is 4.76. The number of nitrogens with one attached hydrogen (secondary N) is 1. The molecule has 5 heteroatoms. The zero-order valence-electron chi connectivity index (χ0n) is 15.0. The number of carbonyl (C=O) groups is 2. The normalized spacial score (nSPS) is 14.9. The first-order valence-electron chi connectivity index (χ1n) is 9.20. The molecule has 2 heterocycles. The minimum atomic E-state index is -0.0520. The second-order valence-electron chi connectivity index (χ2n) is 6.81. The first-order valence-corrected chi connectivity index (χ1v) is 9.20. The number of pyridine rings is 1. The zero-order chi connectivity index (χ0) is 18.6. The number of nitrogens with zero attached hydrogens (tertiary/aromatic N) is 2. The van der Waals surface area contributed by atoms with Gasteiger partial charge in [0, 0.05) is 37.1 Å². The Kier molecular flexibility index (Phi) is 4.83. The average Bonchev–Trinajstić information content (AvgIpc) is 2.74. The monoisotopic (exact) mass is 359 g/mol. The lowest BCUT2D eigenvalue weighted by molar-refractivity contribution is 0.0698. The van der Waals surface area contributed by atoms with Crippen molar-refractivity contribution in [2.24, 2.45) is 0 Å². The lowest BCUT2D eigenvalue weighted by Crippen LogP contribution is -2.46. The van der Waals surface area contributed by atoms with Gasteiger partial charge in [0.25, 0.3) is 11.8 Å². The van der Waals surface area contributed by atoms with Gasteiger partial charge >= 0.3 is 0 Å². The molecule has 1 N–H and O–H groups in total. The number of amides is 2. The second kappa shape index (κ2) is 7.58. The minimum absolute atomic E-state index is 0.00179. The molecule has 2 aromatic carbocycles. The molecule has 1 saturated heterocycles. The summed E-state index contributed by atoms with van der Waals surface area (Å²) in [6.45, 7) is 1.27. The highest BCUT2D eigenvalue weighted by Gasteiger charge is 2.25. The van der Waals surface area contributed by atoms with Crippen molar-refractivity contribution in [2.45, 2.75) is 18.9 Å². The number of piperidine rings is 1. The van der Waals surface area contributed by atoms with E-state index in [1.54, 1.807) is 24.5 Å². The van der Waals surface area contributed by atoms with Crippen molar-refractivity contribution in [2.75, 3.05) is 13.1 Å². The predicted octanol–water partition coefficient (Wildman–Crippen LogP) is 3.27. The third-order valence-corrected chi connectivity index (χ3v) is 5.06. The fourth-order valence-electron chi connectivity index (χ4n) is 3.59. The van der Waals surface area contributed by atoms with E-state index in [2.05, 4.69) is 10.3 Å². The van der Waals surface area contributed by atoms with Gasteiger partial charge in [0.05, 0.1) is 5.56 Å². The van der Waals surface area contributed by atoms with E-state index < -0.39 is 0 Å². The van der Waals surface area contributed by atoms with Gasteiger partial charge in [-0.15, -0.1) is 0 Å². The molecule has 3 aromatic rings. The van der Waals surface area contributed by atoms with Gasteiger partial charge in [-0.2, -0.15) is 0 Å². The third-order valence-electron chi connectivity index (χ3n) is 5.06. The van der Waals surface area contributed by atoms with Crippen LogP contribution in [0.3, 0.4) is 0 Å². The number of aromatic nitrogens is 1. The molecule has 136 valence electrons. The van der Waals surface area contributed by atoms with E-state index in [1.165, 1.54) is 0 Å². The molecule has 1 fully saturated rings. The molecule has 2 amide bonds. The van der Waals surface area contributed by atoms with Gasteiger partial charge in [-0.3, -0.25) is 14.6 Å². The smallest absolute Gasteiger partial charge is 0.255 e.